The standard InChI is InChI=1S/C22H18F3NO5S/c23-22(24,25)31-19-9-1-2-10-20(19)32(29,30)26-18-8-4-6-16(14-18)12-11-15-5-3-7-17(13-15)21(27)28/h1-10,13-14,26H,11-12H2,(H,27,28). The molecule has 3 aromatic rings. The Morgan fingerprint density at radius 3 is 2.19 bits per heavy atom. The van der Waals surface area contributed by atoms with E-state index in [1.807, 2.05) is 0 Å². The van der Waals surface area contributed by atoms with Crippen molar-refractivity contribution in [2.75, 3.05) is 4.72 Å². The topological polar surface area (TPSA) is 92.7 Å². The molecule has 0 bridgehead atoms. The van der Waals surface area contributed by atoms with Crippen LogP contribution in [-0.2, 0) is 22.9 Å². The quantitative estimate of drug-likeness (QED) is 0.495. The molecule has 0 saturated heterocycles. The van der Waals surface area contributed by atoms with Gasteiger partial charge in [0.2, 0.25) is 0 Å². The van der Waals surface area contributed by atoms with Crippen LogP contribution in [0.2, 0.25) is 0 Å². The molecule has 6 nitrogen and oxygen atoms in total. The van der Waals surface area contributed by atoms with Crippen molar-refractivity contribution in [1.82, 2.24) is 0 Å². The second-order valence-electron chi connectivity index (χ2n) is 6.81. The monoisotopic (exact) mass is 465 g/mol. The number of halogens is 3. The number of carbonyl (C=O) groups is 1. The zero-order chi connectivity index (χ0) is 23.4. The Balaban J connectivity index is 1.76. The lowest BCUT2D eigenvalue weighted by atomic mass is 10.0. The van der Waals surface area contributed by atoms with Crippen molar-refractivity contribution in [1.29, 1.82) is 0 Å². The fourth-order valence-corrected chi connectivity index (χ4v) is 4.21. The first kappa shape index (κ1) is 23.1. The molecular formula is C22H18F3NO5S. The van der Waals surface area contributed by atoms with E-state index in [1.165, 1.54) is 24.3 Å². The summed E-state index contributed by atoms with van der Waals surface area (Å²) in [4.78, 5) is 10.4. The van der Waals surface area contributed by atoms with Crippen LogP contribution in [0.1, 0.15) is 21.5 Å². The molecule has 0 amide bonds. The fourth-order valence-electron chi connectivity index (χ4n) is 3.03. The summed E-state index contributed by atoms with van der Waals surface area (Å²) in [6.07, 6.45) is -4.03. The number of nitrogens with one attached hydrogen (secondary N) is 1. The third-order valence-electron chi connectivity index (χ3n) is 4.42. The van der Waals surface area contributed by atoms with E-state index >= 15 is 0 Å². The second kappa shape index (κ2) is 9.31. The normalized spacial score (nSPS) is 11.7. The number of ether oxygens (including phenoxy) is 1. The molecule has 0 heterocycles. The summed E-state index contributed by atoms with van der Waals surface area (Å²) in [6.45, 7) is 0. The highest BCUT2D eigenvalue weighted by Gasteiger charge is 2.34. The lowest BCUT2D eigenvalue weighted by Crippen LogP contribution is -2.20. The van der Waals surface area contributed by atoms with Crippen molar-refractivity contribution in [2.45, 2.75) is 24.1 Å². The molecule has 168 valence electrons. The van der Waals surface area contributed by atoms with Gasteiger partial charge in [0.25, 0.3) is 10.0 Å². The number of benzene rings is 3. The van der Waals surface area contributed by atoms with Crippen molar-refractivity contribution in [3.63, 3.8) is 0 Å². The van der Waals surface area contributed by atoms with E-state index in [1.54, 1.807) is 36.4 Å². The molecule has 32 heavy (non-hydrogen) atoms. The van der Waals surface area contributed by atoms with Crippen LogP contribution in [0.25, 0.3) is 0 Å². The Bertz CT molecular complexity index is 1230. The molecule has 3 aromatic carbocycles. The van der Waals surface area contributed by atoms with Gasteiger partial charge in [-0.25, -0.2) is 13.2 Å². The highest BCUT2D eigenvalue weighted by Crippen LogP contribution is 2.30. The minimum absolute atomic E-state index is 0.170. The van der Waals surface area contributed by atoms with Gasteiger partial charge < -0.3 is 9.84 Å². The maximum absolute atomic E-state index is 12.7. The number of aromatic carboxylic acids is 1. The fraction of sp³-hybridized carbons (Fsp3) is 0.136. The minimum atomic E-state index is -5.04. The maximum atomic E-state index is 12.7. The number of carboxylic acids is 1. The molecule has 0 radical (unpaired) electrons. The zero-order valence-electron chi connectivity index (χ0n) is 16.5. The molecule has 0 aliphatic rings. The van der Waals surface area contributed by atoms with Crippen molar-refractivity contribution in [3.8, 4) is 5.75 Å². The first-order chi connectivity index (χ1) is 15.0. The SMILES string of the molecule is O=C(O)c1cccc(CCc2cccc(NS(=O)(=O)c3ccccc3OC(F)(F)F)c2)c1. The third-order valence-corrected chi connectivity index (χ3v) is 5.84. The molecule has 0 fully saturated rings. The summed E-state index contributed by atoms with van der Waals surface area (Å²) in [5.74, 6) is -1.86. The van der Waals surface area contributed by atoms with Crippen molar-refractivity contribution in [3.05, 3.63) is 89.5 Å². The number of carboxylic acid groups (broad SMARTS) is 1. The first-order valence-electron chi connectivity index (χ1n) is 9.32. The number of rotatable bonds is 8. The van der Waals surface area contributed by atoms with Gasteiger partial charge in [-0.1, -0.05) is 36.4 Å². The highest BCUT2D eigenvalue weighted by atomic mass is 32.2. The van der Waals surface area contributed by atoms with Gasteiger partial charge in [-0.05, 0) is 60.4 Å². The first-order valence-corrected chi connectivity index (χ1v) is 10.8. The van der Waals surface area contributed by atoms with Crippen LogP contribution in [0.3, 0.4) is 0 Å². The summed E-state index contributed by atoms with van der Waals surface area (Å²) in [7, 11) is -4.36. The lowest BCUT2D eigenvalue weighted by molar-refractivity contribution is -0.275. The average Bonchev–Trinajstić information content (AvgIpc) is 2.71. The van der Waals surface area contributed by atoms with E-state index in [9.17, 15) is 26.4 Å². The Hall–Kier alpha value is -3.53. The van der Waals surface area contributed by atoms with Gasteiger partial charge in [0.05, 0.1) is 5.56 Å². The van der Waals surface area contributed by atoms with Crippen LogP contribution in [-0.4, -0.2) is 25.9 Å². The summed E-state index contributed by atoms with van der Waals surface area (Å²) >= 11 is 0. The molecular weight excluding hydrogens is 447 g/mol. The summed E-state index contributed by atoms with van der Waals surface area (Å²) in [5, 5.41) is 9.08. The predicted octanol–water partition coefficient (Wildman–Crippen LogP) is 4.87. The Morgan fingerprint density at radius 1 is 0.906 bits per heavy atom. The molecule has 3 rings (SSSR count). The zero-order valence-corrected chi connectivity index (χ0v) is 17.3. The third kappa shape index (κ3) is 6.24. The van der Waals surface area contributed by atoms with Crippen molar-refractivity contribution >= 4 is 21.7 Å². The van der Waals surface area contributed by atoms with E-state index in [4.69, 9.17) is 5.11 Å². The van der Waals surface area contributed by atoms with Gasteiger partial charge in [-0.3, -0.25) is 4.72 Å². The number of hydrogen-bond acceptors (Lipinski definition) is 4. The van der Waals surface area contributed by atoms with Gasteiger partial charge in [0, 0.05) is 5.69 Å². The molecule has 0 spiro atoms. The van der Waals surface area contributed by atoms with Crippen LogP contribution in [0, 0.1) is 0 Å². The number of sulfonamides is 1. The van der Waals surface area contributed by atoms with Crippen molar-refractivity contribution in [2.24, 2.45) is 0 Å². The van der Waals surface area contributed by atoms with Crippen LogP contribution in [0.4, 0.5) is 18.9 Å². The Morgan fingerprint density at radius 2 is 1.53 bits per heavy atom. The van der Waals surface area contributed by atoms with E-state index in [2.05, 4.69) is 9.46 Å². The highest BCUT2D eigenvalue weighted by molar-refractivity contribution is 7.92. The van der Waals surface area contributed by atoms with Gasteiger partial charge in [0.1, 0.15) is 10.6 Å². The van der Waals surface area contributed by atoms with Gasteiger partial charge in [0.15, 0.2) is 0 Å². The van der Waals surface area contributed by atoms with Crippen LogP contribution in [0.5, 0.6) is 5.75 Å². The average molecular weight is 465 g/mol. The van der Waals surface area contributed by atoms with E-state index in [0.717, 1.165) is 23.3 Å². The van der Waals surface area contributed by atoms with Gasteiger partial charge >= 0.3 is 12.3 Å². The van der Waals surface area contributed by atoms with E-state index in [0.29, 0.717) is 12.8 Å². The van der Waals surface area contributed by atoms with E-state index in [-0.39, 0.29) is 11.3 Å². The summed E-state index contributed by atoms with van der Waals surface area (Å²) < 4.78 is 69.3. The molecule has 0 atom stereocenters. The predicted molar refractivity (Wildman–Crippen MR) is 111 cm³/mol. The molecule has 0 aromatic heterocycles. The Kier molecular flexibility index (Phi) is 6.73. The number of para-hydroxylation sites is 1. The summed E-state index contributed by atoms with van der Waals surface area (Å²) in [5.41, 5.74) is 1.90. The second-order valence-corrected chi connectivity index (χ2v) is 8.46. The lowest BCUT2D eigenvalue weighted by Gasteiger charge is -2.15. The van der Waals surface area contributed by atoms with Gasteiger partial charge in [-0.2, -0.15) is 0 Å². The van der Waals surface area contributed by atoms with Crippen LogP contribution in [0.15, 0.2) is 77.7 Å². The molecule has 2 N–H and O–H groups in total. The molecule has 10 heteroatoms. The molecule has 0 saturated carbocycles. The smallest absolute Gasteiger partial charge is 0.478 e. The molecule has 0 unspecified atom stereocenters. The van der Waals surface area contributed by atoms with E-state index < -0.39 is 33.0 Å². The maximum Gasteiger partial charge on any atom is 0.573 e. The number of hydrogen-bond donors (Lipinski definition) is 2. The number of aryl methyl sites for hydroxylation is 2. The molecule has 0 aliphatic heterocycles. The van der Waals surface area contributed by atoms with Crippen molar-refractivity contribution < 1.29 is 36.2 Å². The number of anilines is 1. The number of alkyl halides is 3. The van der Waals surface area contributed by atoms with Gasteiger partial charge in [-0.15, -0.1) is 13.2 Å². The minimum Gasteiger partial charge on any atom is -0.478 e. The Labute approximate surface area is 182 Å². The largest absolute Gasteiger partial charge is 0.573 e. The molecule has 0 aliphatic carbocycles. The van der Waals surface area contributed by atoms with Crippen LogP contribution < -0.4 is 9.46 Å². The summed E-state index contributed by atoms with van der Waals surface area (Å²) in [6, 6.07) is 17.4. The van der Waals surface area contributed by atoms with Crippen LogP contribution >= 0.6 is 0 Å².